The van der Waals surface area contributed by atoms with E-state index in [4.69, 9.17) is 5.73 Å². The van der Waals surface area contributed by atoms with Crippen molar-refractivity contribution in [1.82, 2.24) is 4.90 Å². The molecule has 140 valence electrons. The summed E-state index contributed by atoms with van der Waals surface area (Å²) in [4.78, 5) is 14.7. The van der Waals surface area contributed by atoms with E-state index >= 15 is 0 Å². The van der Waals surface area contributed by atoms with E-state index in [2.05, 4.69) is 50.8 Å². The third kappa shape index (κ3) is 5.18. The van der Waals surface area contributed by atoms with E-state index in [0.717, 1.165) is 36.1 Å². The summed E-state index contributed by atoms with van der Waals surface area (Å²) in [5, 5.41) is 0. The van der Waals surface area contributed by atoms with Gasteiger partial charge in [0.25, 0.3) is 0 Å². The van der Waals surface area contributed by atoms with Crippen molar-refractivity contribution in [2.75, 3.05) is 6.54 Å². The predicted octanol–water partition coefficient (Wildman–Crippen LogP) is 4.82. The summed E-state index contributed by atoms with van der Waals surface area (Å²) in [5.74, 6) is -0.499. The summed E-state index contributed by atoms with van der Waals surface area (Å²) >= 11 is 0. The summed E-state index contributed by atoms with van der Waals surface area (Å²) in [6.07, 6.45) is 1.72. The van der Waals surface area contributed by atoms with Crippen molar-refractivity contribution in [3.05, 3.63) is 60.2 Å². The molecule has 0 aliphatic heterocycles. The van der Waals surface area contributed by atoms with Crippen LogP contribution in [0.5, 0.6) is 0 Å². The Morgan fingerprint density at radius 3 is 2.08 bits per heavy atom. The lowest BCUT2D eigenvalue weighted by Gasteiger charge is -2.31. The molecule has 0 spiro atoms. The first-order valence-corrected chi connectivity index (χ1v) is 9.61. The van der Waals surface area contributed by atoms with Crippen molar-refractivity contribution >= 4 is 5.91 Å². The van der Waals surface area contributed by atoms with Crippen LogP contribution in [-0.4, -0.2) is 29.4 Å². The lowest BCUT2D eigenvalue weighted by Crippen LogP contribution is -2.38. The molecule has 0 aliphatic rings. The molecule has 3 heteroatoms. The Balaban J connectivity index is 2.20. The number of benzene rings is 2. The maximum atomic E-state index is 12.2. The van der Waals surface area contributed by atoms with E-state index in [1.165, 1.54) is 0 Å². The molecule has 2 aromatic carbocycles. The van der Waals surface area contributed by atoms with Gasteiger partial charge in [-0.3, -0.25) is 9.69 Å². The van der Waals surface area contributed by atoms with Crippen molar-refractivity contribution in [1.29, 1.82) is 0 Å². The molecule has 0 saturated carbocycles. The number of rotatable bonds is 9. The van der Waals surface area contributed by atoms with Crippen LogP contribution in [0.2, 0.25) is 0 Å². The van der Waals surface area contributed by atoms with Crippen LogP contribution in [0.25, 0.3) is 11.1 Å². The zero-order valence-electron chi connectivity index (χ0n) is 16.5. The fraction of sp³-hybridized carbons (Fsp3) is 0.435. The van der Waals surface area contributed by atoms with Crippen LogP contribution in [0.1, 0.15) is 52.0 Å². The Morgan fingerprint density at radius 2 is 1.50 bits per heavy atom. The highest BCUT2D eigenvalue weighted by Crippen LogP contribution is 2.32. The molecular weight excluding hydrogens is 320 g/mol. The lowest BCUT2D eigenvalue weighted by atomic mass is 9.87. The summed E-state index contributed by atoms with van der Waals surface area (Å²) in [5.41, 5.74) is 9.06. The fourth-order valence-corrected chi connectivity index (χ4v) is 3.72. The molecule has 0 heterocycles. The van der Waals surface area contributed by atoms with Crippen LogP contribution in [0, 0.1) is 0 Å². The number of primary amides is 1. The molecule has 0 radical (unpaired) electrons. The monoisotopic (exact) mass is 352 g/mol. The van der Waals surface area contributed by atoms with Crippen LogP contribution in [0.3, 0.4) is 0 Å². The minimum absolute atomic E-state index is 0.242. The molecule has 0 bridgehead atoms. The van der Waals surface area contributed by atoms with Crippen molar-refractivity contribution in [3.8, 4) is 11.1 Å². The average molecular weight is 353 g/mol. The molecule has 1 atom stereocenters. The van der Waals surface area contributed by atoms with Crippen LogP contribution in [-0.2, 0) is 4.79 Å². The molecule has 2 aromatic rings. The molecule has 26 heavy (non-hydrogen) atoms. The highest BCUT2D eigenvalue weighted by molar-refractivity contribution is 5.85. The standard InChI is InChI=1S/C23H32N2O/c1-17(2)25(18(3)4)16-10-15-22(23(24)26)21-14-9-8-13-20(21)19-11-6-5-7-12-19/h5-9,11-14,17-18,22H,10,15-16H2,1-4H3,(H2,24,26). The Kier molecular flexibility index (Phi) is 7.40. The minimum atomic E-state index is -0.257. The van der Waals surface area contributed by atoms with E-state index in [-0.39, 0.29) is 11.8 Å². The molecule has 2 rings (SSSR count). The highest BCUT2D eigenvalue weighted by atomic mass is 16.1. The highest BCUT2D eigenvalue weighted by Gasteiger charge is 2.22. The number of hydrogen-bond acceptors (Lipinski definition) is 2. The molecule has 0 fully saturated rings. The van der Waals surface area contributed by atoms with E-state index in [0.29, 0.717) is 12.1 Å². The predicted molar refractivity (Wildman–Crippen MR) is 110 cm³/mol. The van der Waals surface area contributed by atoms with Crippen LogP contribution in [0.4, 0.5) is 0 Å². The van der Waals surface area contributed by atoms with Crippen molar-refractivity contribution < 1.29 is 4.79 Å². The van der Waals surface area contributed by atoms with Gasteiger partial charge in [0, 0.05) is 12.1 Å². The maximum absolute atomic E-state index is 12.2. The molecule has 1 amide bonds. The Hall–Kier alpha value is -2.13. The summed E-state index contributed by atoms with van der Waals surface area (Å²) in [7, 11) is 0. The van der Waals surface area contributed by atoms with Gasteiger partial charge < -0.3 is 5.73 Å². The zero-order valence-corrected chi connectivity index (χ0v) is 16.5. The molecular formula is C23H32N2O. The van der Waals surface area contributed by atoms with Gasteiger partial charge in [-0.15, -0.1) is 0 Å². The van der Waals surface area contributed by atoms with Crippen molar-refractivity contribution in [2.45, 2.75) is 58.5 Å². The van der Waals surface area contributed by atoms with Crippen molar-refractivity contribution in [3.63, 3.8) is 0 Å². The second kappa shape index (κ2) is 9.54. The van der Waals surface area contributed by atoms with Gasteiger partial charge in [-0.1, -0.05) is 54.6 Å². The molecule has 0 aromatic heterocycles. The number of nitrogens with zero attached hydrogens (tertiary/aromatic N) is 1. The Morgan fingerprint density at radius 1 is 0.923 bits per heavy atom. The number of amides is 1. The van der Waals surface area contributed by atoms with Crippen LogP contribution in [0.15, 0.2) is 54.6 Å². The summed E-state index contributed by atoms with van der Waals surface area (Å²) in [6.45, 7) is 9.85. The van der Waals surface area contributed by atoms with E-state index in [1.54, 1.807) is 0 Å². The van der Waals surface area contributed by atoms with Gasteiger partial charge in [0.1, 0.15) is 0 Å². The summed E-state index contributed by atoms with van der Waals surface area (Å²) < 4.78 is 0. The zero-order chi connectivity index (χ0) is 19.1. The van der Waals surface area contributed by atoms with E-state index in [1.807, 2.05) is 36.4 Å². The molecule has 0 aliphatic carbocycles. The summed E-state index contributed by atoms with van der Waals surface area (Å²) in [6, 6.07) is 19.3. The molecule has 2 N–H and O–H groups in total. The Bertz CT molecular complexity index is 686. The topological polar surface area (TPSA) is 46.3 Å². The SMILES string of the molecule is CC(C)N(CCCC(C(N)=O)c1ccccc1-c1ccccc1)C(C)C. The van der Waals surface area contributed by atoms with E-state index < -0.39 is 0 Å². The fourth-order valence-electron chi connectivity index (χ4n) is 3.72. The van der Waals surface area contributed by atoms with Crippen LogP contribution >= 0.6 is 0 Å². The number of carbonyl (C=O) groups is 1. The molecule has 1 unspecified atom stereocenters. The lowest BCUT2D eigenvalue weighted by molar-refractivity contribution is -0.119. The van der Waals surface area contributed by atoms with Gasteiger partial charge in [0.2, 0.25) is 5.91 Å². The third-order valence-corrected chi connectivity index (χ3v) is 5.00. The largest absolute Gasteiger partial charge is 0.369 e. The van der Waals surface area contributed by atoms with E-state index in [9.17, 15) is 4.79 Å². The number of nitrogens with two attached hydrogens (primary N) is 1. The van der Waals surface area contributed by atoms with Gasteiger partial charge in [0.15, 0.2) is 0 Å². The minimum Gasteiger partial charge on any atom is -0.369 e. The maximum Gasteiger partial charge on any atom is 0.224 e. The van der Waals surface area contributed by atoms with Gasteiger partial charge in [-0.25, -0.2) is 0 Å². The normalized spacial score (nSPS) is 12.7. The first-order valence-electron chi connectivity index (χ1n) is 9.61. The second-order valence-electron chi connectivity index (χ2n) is 7.48. The average Bonchev–Trinajstić information content (AvgIpc) is 2.61. The smallest absolute Gasteiger partial charge is 0.224 e. The van der Waals surface area contributed by atoms with Gasteiger partial charge in [-0.05, 0) is 63.8 Å². The van der Waals surface area contributed by atoms with Crippen molar-refractivity contribution in [2.24, 2.45) is 5.73 Å². The quantitative estimate of drug-likeness (QED) is 0.703. The van der Waals surface area contributed by atoms with Gasteiger partial charge in [0.05, 0.1) is 5.92 Å². The van der Waals surface area contributed by atoms with Gasteiger partial charge >= 0.3 is 0 Å². The second-order valence-corrected chi connectivity index (χ2v) is 7.48. The number of carbonyl (C=O) groups excluding carboxylic acids is 1. The van der Waals surface area contributed by atoms with Crippen LogP contribution < -0.4 is 5.73 Å². The first kappa shape index (κ1) is 20.2. The third-order valence-electron chi connectivity index (χ3n) is 5.00. The molecule has 0 saturated heterocycles. The number of hydrogen-bond donors (Lipinski definition) is 1. The Labute approximate surface area is 158 Å². The molecule has 3 nitrogen and oxygen atoms in total. The van der Waals surface area contributed by atoms with Gasteiger partial charge in [-0.2, -0.15) is 0 Å². The first-order chi connectivity index (χ1) is 12.4.